The maximum atomic E-state index is 12.4. The van der Waals surface area contributed by atoms with E-state index in [1.165, 1.54) is 0 Å². The number of aromatic amines is 2. The first-order valence-corrected chi connectivity index (χ1v) is 9.09. The molecule has 2 aromatic carbocycles. The predicted octanol–water partition coefficient (Wildman–Crippen LogP) is 2.24. The minimum Gasteiger partial charge on any atom is -0.484 e. The summed E-state index contributed by atoms with van der Waals surface area (Å²) in [5.74, 6) is 0.499. The summed E-state index contributed by atoms with van der Waals surface area (Å²) in [4.78, 5) is 33.1. The molecule has 1 saturated heterocycles. The van der Waals surface area contributed by atoms with Gasteiger partial charge in [-0.05, 0) is 36.4 Å². The molecule has 0 aliphatic carbocycles. The van der Waals surface area contributed by atoms with E-state index in [4.69, 9.17) is 16.3 Å². The number of rotatable bonds is 4. The Morgan fingerprint density at radius 3 is 2.44 bits per heavy atom. The highest BCUT2D eigenvalue weighted by atomic mass is 35.5. The molecule has 1 aliphatic rings. The summed E-state index contributed by atoms with van der Waals surface area (Å²) >= 11 is 5.93. The summed E-state index contributed by atoms with van der Waals surface area (Å²) in [7, 11) is 0. The normalized spacial score (nSPS) is 14.6. The fraction of sp³-hybridized carbons (Fsp3) is 0.263. The Hall–Kier alpha value is -2.93. The molecule has 0 bridgehead atoms. The minimum atomic E-state index is -0.267. The standard InChI is InChI=1S/C19H19ClN4O3/c20-13-1-3-14(4-2-13)23-7-9-24(10-8-23)18(25)12-27-15-5-6-16-17(11-15)22-19(26)21-16/h1-6,11H,7-10,12H2,(H2,21,22,26). The third-order valence-electron chi connectivity index (χ3n) is 4.67. The lowest BCUT2D eigenvalue weighted by Crippen LogP contribution is -2.50. The third kappa shape index (κ3) is 3.93. The number of hydrogen-bond donors (Lipinski definition) is 2. The van der Waals surface area contributed by atoms with E-state index >= 15 is 0 Å². The minimum absolute atomic E-state index is 0.0267. The molecule has 7 nitrogen and oxygen atoms in total. The van der Waals surface area contributed by atoms with Crippen molar-refractivity contribution < 1.29 is 9.53 Å². The second kappa shape index (κ2) is 7.36. The van der Waals surface area contributed by atoms with Crippen LogP contribution in [0.15, 0.2) is 47.3 Å². The number of imidazole rings is 1. The van der Waals surface area contributed by atoms with Gasteiger partial charge >= 0.3 is 5.69 Å². The van der Waals surface area contributed by atoms with E-state index in [-0.39, 0.29) is 18.2 Å². The molecule has 0 unspecified atom stereocenters. The zero-order valence-corrected chi connectivity index (χ0v) is 15.3. The largest absolute Gasteiger partial charge is 0.484 e. The number of fused-ring (bicyclic) bond motifs is 1. The first-order valence-electron chi connectivity index (χ1n) is 8.72. The first kappa shape index (κ1) is 17.5. The van der Waals surface area contributed by atoms with Crippen molar-refractivity contribution in [1.82, 2.24) is 14.9 Å². The summed E-state index contributed by atoms with van der Waals surface area (Å²) in [6.45, 7) is 2.80. The van der Waals surface area contributed by atoms with Crippen molar-refractivity contribution in [2.45, 2.75) is 0 Å². The van der Waals surface area contributed by atoms with Crippen molar-refractivity contribution in [3.63, 3.8) is 0 Å². The van der Waals surface area contributed by atoms with Crippen LogP contribution in [0.1, 0.15) is 0 Å². The molecule has 1 aromatic heterocycles. The summed E-state index contributed by atoms with van der Waals surface area (Å²) in [6.07, 6.45) is 0. The van der Waals surface area contributed by atoms with E-state index in [0.29, 0.717) is 34.9 Å². The van der Waals surface area contributed by atoms with Gasteiger partial charge < -0.3 is 24.5 Å². The molecule has 140 valence electrons. The summed E-state index contributed by atoms with van der Waals surface area (Å²) in [5, 5.41) is 0.714. The van der Waals surface area contributed by atoms with Gasteiger partial charge in [-0.25, -0.2) is 4.79 Å². The summed E-state index contributed by atoms with van der Waals surface area (Å²) in [5.41, 5.74) is 2.20. The second-order valence-electron chi connectivity index (χ2n) is 6.42. The van der Waals surface area contributed by atoms with E-state index in [2.05, 4.69) is 14.9 Å². The number of carbonyl (C=O) groups excluding carboxylic acids is 1. The van der Waals surface area contributed by atoms with Gasteiger partial charge in [-0.3, -0.25) is 4.79 Å². The molecule has 0 saturated carbocycles. The first-order chi connectivity index (χ1) is 13.1. The van der Waals surface area contributed by atoms with Crippen molar-refractivity contribution in [2.75, 3.05) is 37.7 Å². The van der Waals surface area contributed by atoms with Crippen LogP contribution in [0.3, 0.4) is 0 Å². The third-order valence-corrected chi connectivity index (χ3v) is 4.93. The number of aromatic nitrogens is 2. The number of halogens is 1. The Labute approximate surface area is 160 Å². The Bertz CT molecular complexity index is 1000. The maximum Gasteiger partial charge on any atom is 0.323 e. The van der Waals surface area contributed by atoms with Gasteiger partial charge in [-0.1, -0.05) is 11.6 Å². The van der Waals surface area contributed by atoms with Gasteiger partial charge in [0.1, 0.15) is 5.75 Å². The lowest BCUT2D eigenvalue weighted by atomic mass is 10.2. The number of anilines is 1. The highest BCUT2D eigenvalue weighted by molar-refractivity contribution is 6.30. The van der Waals surface area contributed by atoms with Gasteiger partial charge in [0.05, 0.1) is 11.0 Å². The number of H-pyrrole nitrogens is 2. The number of benzene rings is 2. The van der Waals surface area contributed by atoms with E-state index in [1.54, 1.807) is 18.2 Å². The van der Waals surface area contributed by atoms with Gasteiger partial charge in [0.15, 0.2) is 6.61 Å². The zero-order chi connectivity index (χ0) is 18.8. The molecular formula is C19H19ClN4O3. The fourth-order valence-corrected chi connectivity index (χ4v) is 3.33. The molecule has 0 atom stereocenters. The van der Waals surface area contributed by atoms with Gasteiger partial charge in [-0.2, -0.15) is 0 Å². The number of nitrogens with one attached hydrogen (secondary N) is 2. The van der Waals surface area contributed by atoms with Crippen LogP contribution in [-0.2, 0) is 4.79 Å². The Kier molecular flexibility index (Phi) is 4.77. The Morgan fingerprint density at radius 1 is 1.00 bits per heavy atom. The number of nitrogens with zero attached hydrogens (tertiary/aromatic N) is 2. The molecule has 0 radical (unpaired) electrons. The van der Waals surface area contributed by atoms with E-state index < -0.39 is 0 Å². The summed E-state index contributed by atoms with van der Waals surface area (Å²) in [6, 6.07) is 12.9. The van der Waals surface area contributed by atoms with E-state index in [9.17, 15) is 9.59 Å². The molecular weight excluding hydrogens is 368 g/mol. The molecule has 2 N–H and O–H groups in total. The molecule has 1 fully saturated rings. The second-order valence-corrected chi connectivity index (χ2v) is 6.86. The van der Waals surface area contributed by atoms with Crippen molar-refractivity contribution in [1.29, 1.82) is 0 Å². The molecule has 0 spiro atoms. The van der Waals surface area contributed by atoms with E-state index in [0.717, 1.165) is 18.8 Å². The maximum absolute atomic E-state index is 12.4. The number of amides is 1. The van der Waals surface area contributed by atoms with Gasteiger partial charge in [-0.15, -0.1) is 0 Å². The Balaban J connectivity index is 1.31. The smallest absolute Gasteiger partial charge is 0.323 e. The van der Waals surface area contributed by atoms with Gasteiger partial charge in [0, 0.05) is 43.0 Å². The van der Waals surface area contributed by atoms with Gasteiger partial charge in [0.2, 0.25) is 0 Å². The monoisotopic (exact) mass is 386 g/mol. The van der Waals surface area contributed by atoms with Crippen molar-refractivity contribution in [3.05, 3.63) is 58.0 Å². The van der Waals surface area contributed by atoms with Crippen LogP contribution >= 0.6 is 11.6 Å². The number of carbonyl (C=O) groups is 1. The van der Waals surface area contributed by atoms with E-state index in [1.807, 2.05) is 29.2 Å². The number of piperazine rings is 1. The van der Waals surface area contributed by atoms with Crippen LogP contribution in [0.25, 0.3) is 11.0 Å². The molecule has 4 rings (SSSR count). The topological polar surface area (TPSA) is 81.4 Å². The van der Waals surface area contributed by atoms with Crippen LogP contribution in [0.2, 0.25) is 5.02 Å². The molecule has 1 aliphatic heterocycles. The van der Waals surface area contributed by atoms with Crippen molar-refractivity contribution >= 4 is 34.2 Å². The molecule has 3 aromatic rings. The lowest BCUT2D eigenvalue weighted by Gasteiger charge is -2.36. The van der Waals surface area contributed by atoms with Crippen LogP contribution < -0.4 is 15.3 Å². The number of ether oxygens (including phenoxy) is 1. The van der Waals surface area contributed by atoms with Crippen LogP contribution in [0.5, 0.6) is 5.75 Å². The van der Waals surface area contributed by atoms with Crippen LogP contribution in [-0.4, -0.2) is 53.6 Å². The SMILES string of the molecule is O=C(COc1ccc2[nH]c(=O)[nH]c2c1)N1CCN(c2ccc(Cl)cc2)CC1. The quantitative estimate of drug-likeness (QED) is 0.720. The number of hydrogen-bond acceptors (Lipinski definition) is 4. The summed E-state index contributed by atoms with van der Waals surface area (Å²) < 4.78 is 5.61. The molecule has 1 amide bonds. The van der Waals surface area contributed by atoms with Crippen LogP contribution in [0.4, 0.5) is 5.69 Å². The highest BCUT2D eigenvalue weighted by Crippen LogP contribution is 2.20. The van der Waals surface area contributed by atoms with Gasteiger partial charge in [0.25, 0.3) is 5.91 Å². The van der Waals surface area contributed by atoms with Crippen molar-refractivity contribution in [2.24, 2.45) is 0 Å². The fourth-order valence-electron chi connectivity index (χ4n) is 3.20. The zero-order valence-electron chi connectivity index (χ0n) is 14.6. The van der Waals surface area contributed by atoms with Crippen LogP contribution in [0, 0.1) is 0 Å². The molecule has 27 heavy (non-hydrogen) atoms. The highest BCUT2D eigenvalue weighted by Gasteiger charge is 2.21. The average Bonchev–Trinajstić information content (AvgIpc) is 3.06. The average molecular weight is 387 g/mol. The lowest BCUT2D eigenvalue weighted by molar-refractivity contribution is -0.133. The predicted molar refractivity (Wildman–Crippen MR) is 105 cm³/mol. The molecule has 2 heterocycles. The van der Waals surface area contributed by atoms with Crippen molar-refractivity contribution in [3.8, 4) is 5.75 Å². The molecule has 8 heteroatoms. The Morgan fingerprint density at radius 2 is 1.70 bits per heavy atom.